The van der Waals surface area contributed by atoms with Crippen LogP contribution < -0.4 is 5.32 Å². The molecule has 0 unspecified atom stereocenters. The van der Waals surface area contributed by atoms with Crippen LogP contribution in [0.5, 0.6) is 0 Å². The van der Waals surface area contributed by atoms with E-state index < -0.39 is 9.84 Å². The van der Waals surface area contributed by atoms with Gasteiger partial charge in [0, 0.05) is 24.3 Å². The van der Waals surface area contributed by atoms with Crippen molar-refractivity contribution in [3.05, 3.63) is 54.1 Å². The maximum Gasteiger partial charge on any atom is 0.179 e. The van der Waals surface area contributed by atoms with E-state index in [0.29, 0.717) is 23.7 Å². The van der Waals surface area contributed by atoms with Crippen LogP contribution in [0.1, 0.15) is 11.1 Å². The van der Waals surface area contributed by atoms with Gasteiger partial charge in [-0.25, -0.2) is 18.4 Å². The van der Waals surface area contributed by atoms with E-state index in [1.165, 1.54) is 6.33 Å². The fraction of sp³-hybridized carbons (Fsp3) is 0.188. The lowest BCUT2D eigenvalue weighted by atomic mass is 10.1. The molecule has 4 rings (SSSR count). The topological polar surface area (TPSA) is 84.8 Å². The Labute approximate surface area is 133 Å². The van der Waals surface area contributed by atoms with Gasteiger partial charge in [-0.2, -0.15) is 0 Å². The molecule has 116 valence electrons. The Bertz CT molecular complexity index is 988. The first-order chi connectivity index (χ1) is 11.1. The summed E-state index contributed by atoms with van der Waals surface area (Å²) in [7, 11) is -3.17. The average Bonchev–Trinajstić information content (AvgIpc) is 2.89. The van der Waals surface area contributed by atoms with Crippen LogP contribution in [-0.4, -0.2) is 29.1 Å². The average molecular weight is 326 g/mol. The van der Waals surface area contributed by atoms with Crippen LogP contribution in [0.4, 0.5) is 5.82 Å². The fourth-order valence-electron chi connectivity index (χ4n) is 2.91. The van der Waals surface area contributed by atoms with E-state index in [2.05, 4.69) is 20.3 Å². The summed E-state index contributed by atoms with van der Waals surface area (Å²) in [6.45, 7) is 0.566. The van der Waals surface area contributed by atoms with Crippen molar-refractivity contribution in [1.29, 1.82) is 0 Å². The van der Waals surface area contributed by atoms with Crippen LogP contribution in [0.2, 0.25) is 0 Å². The van der Waals surface area contributed by atoms with Crippen LogP contribution in [0.25, 0.3) is 10.9 Å². The minimum atomic E-state index is -3.17. The lowest BCUT2D eigenvalue weighted by Crippen LogP contribution is -2.04. The predicted octanol–water partition coefficient (Wildman–Crippen LogP) is 1.97. The van der Waals surface area contributed by atoms with Crippen molar-refractivity contribution in [2.45, 2.75) is 17.9 Å². The Morgan fingerprint density at radius 3 is 2.91 bits per heavy atom. The smallest absolute Gasteiger partial charge is 0.179 e. The third-order valence-corrected chi connectivity index (χ3v) is 5.80. The van der Waals surface area contributed by atoms with Gasteiger partial charge in [-0.15, -0.1) is 0 Å². The largest absolute Gasteiger partial charge is 0.365 e. The molecule has 2 aromatic heterocycles. The van der Waals surface area contributed by atoms with Crippen LogP contribution in [0.3, 0.4) is 0 Å². The summed E-state index contributed by atoms with van der Waals surface area (Å²) in [5.74, 6) is 0.811. The summed E-state index contributed by atoms with van der Waals surface area (Å²) < 4.78 is 24.2. The summed E-state index contributed by atoms with van der Waals surface area (Å²) in [4.78, 5) is 13.1. The van der Waals surface area contributed by atoms with E-state index in [-0.39, 0.29) is 5.75 Å². The molecule has 3 aromatic rings. The van der Waals surface area contributed by atoms with E-state index >= 15 is 0 Å². The van der Waals surface area contributed by atoms with Crippen LogP contribution in [0.15, 0.2) is 47.9 Å². The lowest BCUT2D eigenvalue weighted by Gasteiger charge is -2.11. The molecule has 1 aliphatic rings. The highest BCUT2D eigenvalue weighted by Crippen LogP contribution is 2.34. The van der Waals surface area contributed by atoms with Gasteiger partial charge in [-0.05, 0) is 35.7 Å². The summed E-state index contributed by atoms with van der Waals surface area (Å²) in [6, 6.07) is 7.24. The standard InChI is InChI=1S/C16H14N4O2S/c21-23(22)7-5-12-14(23)4-3-13-15(12)16(20-10-19-13)18-9-11-2-1-6-17-8-11/h1-4,6,8,10H,5,7,9H2,(H,18,19,20). The SMILES string of the molecule is O=S1(=O)CCc2c1ccc1ncnc(NCc3cccnc3)c21. The van der Waals surface area contributed by atoms with E-state index in [4.69, 9.17) is 0 Å². The van der Waals surface area contributed by atoms with Gasteiger partial charge in [0.05, 0.1) is 16.2 Å². The molecule has 0 spiro atoms. The third kappa shape index (κ3) is 2.43. The van der Waals surface area contributed by atoms with Gasteiger partial charge in [0.25, 0.3) is 0 Å². The lowest BCUT2D eigenvalue weighted by molar-refractivity contribution is 0.600. The van der Waals surface area contributed by atoms with Crippen LogP contribution in [0, 0.1) is 0 Å². The number of benzene rings is 1. The molecule has 0 saturated carbocycles. The van der Waals surface area contributed by atoms with Gasteiger partial charge in [0.2, 0.25) is 0 Å². The van der Waals surface area contributed by atoms with E-state index in [1.54, 1.807) is 24.5 Å². The monoisotopic (exact) mass is 326 g/mol. The molecular weight excluding hydrogens is 312 g/mol. The Balaban J connectivity index is 1.80. The molecule has 7 heteroatoms. The number of nitrogens with one attached hydrogen (secondary N) is 1. The highest BCUT2D eigenvalue weighted by Gasteiger charge is 2.29. The number of aryl methyl sites for hydroxylation is 1. The van der Waals surface area contributed by atoms with Gasteiger partial charge >= 0.3 is 0 Å². The molecule has 1 aromatic carbocycles. The molecule has 0 amide bonds. The molecule has 0 atom stereocenters. The van der Waals surface area contributed by atoms with Crippen molar-refractivity contribution in [1.82, 2.24) is 15.0 Å². The molecule has 3 heterocycles. The van der Waals surface area contributed by atoms with Crippen LogP contribution >= 0.6 is 0 Å². The number of hydrogen-bond donors (Lipinski definition) is 1. The Morgan fingerprint density at radius 1 is 1.17 bits per heavy atom. The number of rotatable bonds is 3. The second kappa shape index (κ2) is 5.27. The summed E-state index contributed by atoms with van der Waals surface area (Å²) in [5, 5.41) is 4.08. The number of fused-ring (bicyclic) bond motifs is 3. The molecule has 6 nitrogen and oxygen atoms in total. The zero-order valence-electron chi connectivity index (χ0n) is 12.2. The zero-order valence-corrected chi connectivity index (χ0v) is 13.0. The molecule has 0 fully saturated rings. The number of hydrogen-bond acceptors (Lipinski definition) is 6. The van der Waals surface area contributed by atoms with Crippen molar-refractivity contribution in [2.24, 2.45) is 0 Å². The van der Waals surface area contributed by atoms with Crippen molar-refractivity contribution in [2.75, 3.05) is 11.1 Å². The van der Waals surface area contributed by atoms with Gasteiger partial charge in [-0.3, -0.25) is 4.98 Å². The molecule has 1 aliphatic heterocycles. The molecular formula is C16H14N4O2S. The molecule has 0 saturated heterocycles. The fourth-order valence-corrected chi connectivity index (χ4v) is 4.46. The maximum atomic E-state index is 12.1. The maximum absolute atomic E-state index is 12.1. The predicted molar refractivity (Wildman–Crippen MR) is 86.9 cm³/mol. The van der Waals surface area contributed by atoms with E-state index in [1.807, 2.05) is 12.1 Å². The first-order valence-corrected chi connectivity index (χ1v) is 8.92. The highest BCUT2D eigenvalue weighted by molar-refractivity contribution is 7.91. The van der Waals surface area contributed by atoms with Crippen molar-refractivity contribution >= 4 is 26.6 Å². The molecule has 0 radical (unpaired) electrons. The first-order valence-electron chi connectivity index (χ1n) is 7.27. The number of aromatic nitrogens is 3. The normalized spacial score (nSPS) is 15.5. The van der Waals surface area contributed by atoms with E-state index in [9.17, 15) is 8.42 Å². The van der Waals surface area contributed by atoms with Crippen molar-refractivity contribution in [3.63, 3.8) is 0 Å². The van der Waals surface area contributed by atoms with Crippen molar-refractivity contribution < 1.29 is 8.42 Å². The number of pyridine rings is 1. The molecule has 0 bridgehead atoms. The molecule has 23 heavy (non-hydrogen) atoms. The minimum Gasteiger partial charge on any atom is -0.365 e. The zero-order chi connectivity index (χ0) is 15.9. The summed E-state index contributed by atoms with van der Waals surface area (Å²) in [5.41, 5.74) is 2.60. The molecule has 1 N–H and O–H groups in total. The van der Waals surface area contributed by atoms with Gasteiger partial charge in [-0.1, -0.05) is 6.07 Å². The molecule has 0 aliphatic carbocycles. The Hall–Kier alpha value is -2.54. The highest BCUT2D eigenvalue weighted by atomic mass is 32.2. The number of anilines is 1. The van der Waals surface area contributed by atoms with Gasteiger partial charge in [0.15, 0.2) is 9.84 Å². The van der Waals surface area contributed by atoms with Gasteiger partial charge in [0.1, 0.15) is 12.1 Å². The number of sulfone groups is 1. The van der Waals surface area contributed by atoms with E-state index in [0.717, 1.165) is 22.0 Å². The summed E-state index contributed by atoms with van der Waals surface area (Å²) in [6.07, 6.45) is 5.50. The first kappa shape index (κ1) is 14.1. The summed E-state index contributed by atoms with van der Waals surface area (Å²) >= 11 is 0. The third-order valence-electron chi connectivity index (χ3n) is 4.01. The Morgan fingerprint density at radius 2 is 2.09 bits per heavy atom. The quantitative estimate of drug-likeness (QED) is 0.792. The van der Waals surface area contributed by atoms with Crippen LogP contribution in [-0.2, 0) is 22.8 Å². The number of nitrogens with zero attached hydrogens (tertiary/aromatic N) is 3. The van der Waals surface area contributed by atoms with Crippen molar-refractivity contribution in [3.8, 4) is 0 Å². The minimum absolute atomic E-state index is 0.151. The van der Waals surface area contributed by atoms with Gasteiger partial charge < -0.3 is 5.32 Å². The Kier molecular flexibility index (Phi) is 3.23. The second-order valence-corrected chi connectivity index (χ2v) is 7.52. The second-order valence-electron chi connectivity index (χ2n) is 5.44.